The zero-order valence-electron chi connectivity index (χ0n) is 26.6. The normalized spacial score (nSPS) is 11.9. The van der Waals surface area contributed by atoms with Crippen molar-refractivity contribution in [2.45, 2.75) is 38.8 Å². The number of aromatic nitrogens is 4. The van der Waals surface area contributed by atoms with Crippen LogP contribution in [0.2, 0.25) is 20.1 Å². The van der Waals surface area contributed by atoms with Crippen molar-refractivity contribution in [3.63, 3.8) is 0 Å². The van der Waals surface area contributed by atoms with E-state index in [0.29, 0.717) is 32.9 Å². The molecule has 262 valence electrons. The number of benzene rings is 2. The Bertz CT molecular complexity index is 2020. The number of carbonyl (C=O) groups is 4. The summed E-state index contributed by atoms with van der Waals surface area (Å²) in [5, 5.41) is 10.9. The Morgan fingerprint density at radius 1 is 0.673 bits per heavy atom. The molecule has 0 spiro atoms. The van der Waals surface area contributed by atoms with E-state index in [9.17, 15) is 24.3 Å². The van der Waals surface area contributed by atoms with Gasteiger partial charge in [-0.25, -0.2) is 19.2 Å². The van der Waals surface area contributed by atoms with E-state index in [-0.39, 0.29) is 38.4 Å². The fourth-order valence-electron chi connectivity index (χ4n) is 5.06. The predicted octanol–water partition coefficient (Wildman–Crippen LogP) is 8.76. The molecule has 0 aliphatic carbocycles. The average molecular weight is 793 g/mol. The first-order valence-electron chi connectivity index (χ1n) is 14.2. The van der Waals surface area contributed by atoms with Gasteiger partial charge >= 0.3 is 23.9 Å². The molecule has 2 atom stereocenters. The van der Waals surface area contributed by atoms with Crippen molar-refractivity contribution in [1.29, 1.82) is 0 Å². The minimum Gasteiger partial charge on any atom is -0.477 e. The fraction of sp³-hybridized carbons (Fsp3) is 0.290. The third-order valence-corrected chi connectivity index (χ3v) is 9.35. The van der Waals surface area contributed by atoms with Crippen LogP contribution < -0.4 is 0 Å². The van der Waals surface area contributed by atoms with Gasteiger partial charge in [-0.05, 0) is 72.7 Å². The van der Waals surface area contributed by atoms with E-state index in [2.05, 4.69) is 9.97 Å². The van der Waals surface area contributed by atoms with Crippen LogP contribution in [0, 0.1) is 9.54 Å². The number of carboxylic acids is 1. The van der Waals surface area contributed by atoms with E-state index in [0.717, 1.165) is 11.1 Å². The second-order valence-electron chi connectivity index (χ2n) is 10.0. The Hall–Kier alpha value is -3.66. The molecule has 0 fully saturated rings. The van der Waals surface area contributed by atoms with E-state index in [1.54, 1.807) is 36.4 Å². The zero-order valence-corrected chi connectivity index (χ0v) is 31.2. The van der Waals surface area contributed by atoms with Crippen molar-refractivity contribution in [2.24, 2.45) is 0 Å². The molecule has 2 heterocycles. The van der Waals surface area contributed by atoms with Gasteiger partial charge < -0.3 is 38.4 Å². The van der Waals surface area contributed by atoms with Crippen molar-refractivity contribution in [3.8, 4) is 0 Å². The zero-order chi connectivity index (χ0) is 36.7. The minimum absolute atomic E-state index is 0.00253. The molecule has 2 aromatic heterocycles. The maximum absolute atomic E-state index is 12.3. The molecule has 49 heavy (non-hydrogen) atoms. The molecule has 0 aliphatic rings. The second-order valence-corrected chi connectivity index (χ2v) is 12.4. The van der Waals surface area contributed by atoms with Gasteiger partial charge in [0, 0.05) is 0 Å². The van der Waals surface area contributed by atoms with Gasteiger partial charge in [0.2, 0.25) is 0 Å². The molecule has 12 nitrogen and oxygen atoms in total. The summed E-state index contributed by atoms with van der Waals surface area (Å²) < 4.78 is 17.5. The van der Waals surface area contributed by atoms with Crippen LogP contribution in [-0.4, -0.2) is 69.4 Å². The Morgan fingerprint density at radius 3 is 1.37 bits per heavy atom. The Labute approximate surface area is 310 Å². The molecule has 4 rings (SSSR count). The van der Waals surface area contributed by atoms with E-state index in [1.165, 1.54) is 30.5 Å². The number of ether oxygens (including phenoxy) is 3. The summed E-state index contributed by atoms with van der Waals surface area (Å²) in [4.78, 5) is 53.1. The third-order valence-electron chi connectivity index (χ3n) is 7.27. The SMILES string of the molecule is CCC(c1ccc(Cl)c(Cl)c1)n1c(C(=O)OC)c(C(=O)O)[nH]c1=S.CCC(c1ccc(Cl)c(Cl)c1)n1c(C(=O)OC)c(C(=O)OC)[nH]c1=S. The quantitative estimate of drug-likeness (QED) is 0.0806. The molecule has 0 saturated carbocycles. The van der Waals surface area contributed by atoms with Crippen LogP contribution in [0.25, 0.3) is 0 Å². The third kappa shape index (κ3) is 8.56. The lowest BCUT2D eigenvalue weighted by molar-refractivity contribution is 0.0542. The van der Waals surface area contributed by atoms with Gasteiger partial charge in [-0.15, -0.1) is 0 Å². The highest BCUT2D eigenvalue weighted by molar-refractivity contribution is 7.71. The first kappa shape index (κ1) is 39.8. The van der Waals surface area contributed by atoms with Crippen molar-refractivity contribution >= 4 is 94.7 Å². The summed E-state index contributed by atoms with van der Waals surface area (Å²) >= 11 is 34.6. The number of methoxy groups -OCH3 is 3. The van der Waals surface area contributed by atoms with Gasteiger partial charge in [0.05, 0.1) is 53.5 Å². The summed E-state index contributed by atoms with van der Waals surface area (Å²) in [6.45, 7) is 3.80. The number of hydrogen-bond acceptors (Lipinski definition) is 9. The maximum Gasteiger partial charge on any atom is 0.357 e. The van der Waals surface area contributed by atoms with Gasteiger partial charge in [-0.2, -0.15) is 0 Å². The Kier molecular flexibility index (Phi) is 14.1. The lowest BCUT2D eigenvalue weighted by Gasteiger charge is -2.20. The van der Waals surface area contributed by atoms with Crippen LogP contribution in [-0.2, 0) is 14.2 Å². The topological polar surface area (TPSA) is 158 Å². The van der Waals surface area contributed by atoms with Gasteiger partial charge in [0.15, 0.2) is 32.3 Å². The maximum atomic E-state index is 12.3. The molecule has 0 saturated heterocycles. The Balaban J connectivity index is 0.000000266. The van der Waals surface area contributed by atoms with E-state index < -0.39 is 29.9 Å². The first-order chi connectivity index (χ1) is 23.2. The highest BCUT2D eigenvalue weighted by Crippen LogP contribution is 2.33. The highest BCUT2D eigenvalue weighted by atomic mass is 35.5. The number of aromatic carboxylic acids is 1. The fourth-order valence-corrected chi connectivity index (χ4v) is 6.32. The van der Waals surface area contributed by atoms with E-state index in [4.69, 9.17) is 85.1 Å². The summed E-state index contributed by atoms with van der Waals surface area (Å²) in [5.74, 6) is -3.51. The lowest BCUT2D eigenvalue weighted by Crippen LogP contribution is -2.20. The molecule has 3 N–H and O–H groups in total. The number of halogens is 4. The number of H-pyrrole nitrogens is 2. The van der Waals surface area contributed by atoms with Crippen molar-refractivity contribution < 1.29 is 38.5 Å². The number of rotatable bonds is 10. The van der Waals surface area contributed by atoms with Gasteiger partial charge in [0.1, 0.15) is 0 Å². The molecule has 2 aromatic carbocycles. The summed E-state index contributed by atoms with van der Waals surface area (Å²) in [6.07, 6.45) is 1.11. The van der Waals surface area contributed by atoms with Crippen LogP contribution >= 0.6 is 70.8 Å². The van der Waals surface area contributed by atoms with Crippen molar-refractivity contribution in [2.75, 3.05) is 21.3 Å². The summed E-state index contributed by atoms with van der Waals surface area (Å²) in [6, 6.07) is 9.43. The standard InChI is InChI=1S/C16H16Cl2N2O4S.C15H14Cl2N2O4S/c1-4-11(8-5-6-9(17)10(18)7-8)20-13(15(22)24-3)12(14(21)23-2)19-16(20)25;1-3-10(7-4-5-8(16)9(17)6-7)19-12(14(22)23-2)11(13(20)21)18-15(19)24/h5-7,11H,4H2,1-3H3,(H,19,25);4-6,10H,3H2,1-2H3,(H,18,24)(H,20,21). The molecule has 0 amide bonds. The summed E-state index contributed by atoms with van der Waals surface area (Å²) in [7, 11) is 3.62. The Morgan fingerprint density at radius 2 is 1.04 bits per heavy atom. The van der Waals surface area contributed by atoms with Crippen LogP contribution in [0.5, 0.6) is 0 Å². The summed E-state index contributed by atoms with van der Waals surface area (Å²) in [5.41, 5.74) is 1.01. The molecule has 0 aliphatic heterocycles. The van der Waals surface area contributed by atoms with Crippen molar-refractivity contribution in [3.05, 3.63) is 99.9 Å². The van der Waals surface area contributed by atoms with Gasteiger partial charge in [-0.3, -0.25) is 0 Å². The van der Waals surface area contributed by atoms with Crippen LogP contribution in [0.4, 0.5) is 0 Å². The number of carboxylic acid groups (broad SMARTS) is 1. The molecule has 2 unspecified atom stereocenters. The van der Waals surface area contributed by atoms with Crippen LogP contribution in [0.1, 0.15) is 91.9 Å². The number of aromatic amines is 2. The minimum atomic E-state index is -1.30. The molecular weight excluding hydrogens is 762 g/mol. The predicted molar refractivity (Wildman–Crippen MR) is 190 cm³/mol. The molecule has 18 heteroatoms. The van der Waals surface area contributed by atoms with Crippen LogP contribution in [0.15, 0.2) is 36.4 Å². The average Bonchev–Trinajstić information content (AvgIpc) is 3.61. The largest absolute Gasteiger partial charge is 0.477 e. The number of nitrogens with zero attached hydrogens (tertiary/aromatic N) is 2. The highest BCUT2D eigenvalue weighted by Gasteiger charge is 2.30. The molecule has 0 radical (unpaired) electrons. The monoisotopic (exact) mass is 790 g/mol. The molecule has 4 aromatic rings. The lowest BCUT2D eigenvalue weighted by atomic mass is 10.0. The molecular formula is C31H30Cl4N4O8S2. The smallest absolute Gasteiger partial charge is 0.357 e. The van der Waals surface area contributed by atoms with Gasteiger partial charge in [-0.1, -0.05) is 72.4 Å². The van der Waals surface area contributed by atoms with Gasteiger partial charge in [0.25, 0.3) is 0 Å². The van der Waals surface area contributed by atoms with E-state index in [1.807, 2.05) is 13.8 Å². The number of esters is 3. The molecule has 0 bridgehead atoms. The first-order valence-corrected chi connectivity index (χ1v) is 16.6. The van der Waals surface area contributed by atoms with Crippen LogP contribution in [0.3, 0.4) is 0 Å². The number of nitrogens with one attached hydrogen (secondary N) is 2. The second kappa shape index (κ2) is 17.3. The number of carbonyl (C=O) groups excluding carboxylic acids is 3. The number of hydrogen-bond donors (Lipinski definition) is 3. The van der Waals surface area contributed by atoms with E-state index >= 15 is 0 Å². The van der Waals surface area contributed by atoms with Crippen molar-refractivity contribution in [1.82, 2.24) is 19.1 Å². The number of imidazole rings is 2.